The lowest BCUT2D eigenvalue weighted by molar-refractivity contribution is 0.0693. The first kappa shape index (κ1) is 18.8. The number of aliphatic hydroxyl groups excluding tert-OH is 1. The Labute approximate surface area is 108 Å². The van der Waals surface area contributed by atoms with Crippen molar-refractivity contribution < 1.29 is 24.9 Å². The predicted molar refractivity (Wildman–Crippen MR) is 70.0 cm³/mol. The molecule has 0 saturated carbocycles. The summed E-state index contributed by atoms with van der Waals surface area (Å²) in [7, 11) is 0. The smallest absolute Gasteiger partial charge is 0.339 e. The van der Waals surface area contributed by atoms with Crippen LogP contribution in [-0.4, -0.2) is 41.1 Å². The zero-order valence-electron chi connectivity index (χ0n) is 11.1. The fourth-order valence-electron chi connectivity index (χ4n) is 0.859. The van der Waals surface area contributed by atoms with Gasteiger partial charge < -0.3 is 20.1 Å². The molecular formula is C13H22O5. The number of hydrogen-bond donors (Lipinski definition) is 3. The van der Waals surface area contributed by atoms with Crippen molar-refractivity contribution in [3.63, 3.8) is 0 Å². The Morgan fingerprint density at radius 2 is 1.61 bits per heavy atom. The van der Waals surface area contributed by atoms with Crippen LogP contribution in [0.1, 0.15) is 31.1 Å². The van der Waals surface area contributed by atoms with Crippen LogP contribution in [0, 0.1) is 0 Å². The third-order valence-corrected chi connectivity index (χ3v) is 1.54. The Bertz CT molecular complexity index is 310. The van der Waals surface area contributed by atoms with E-state index >= 15 is 0 Å². The first-order valence-corrected chi connectivity index (χ1v) is 5.74. The molecule has 0 atom stereocenters. The van der Waals surface area contributed by atoms with Gasteiger partial charge in [-0.1, -0.05) is 12.1 Å². The van der Waals surface area contributed by atoms with E-state index in [1.807, 2.05) is 13.8 Å². The zero-order chi connectivity index (χ0) is 14.4. The third kappa shape index (κ3) is 10.9. The Hall–Kier alpha value is -1.59. The van der Waals surface area contributed by atoms with Crippen molar-refractivity contribution in [2.75, 3.05) is 19.8 Å². The van der Waals surface area contributed by atoms with Crippen LogP contribution in [0.5, 0.6) is 5.75 Å². The van der Waals surface area contributed by atoms with E-state index in [0.717, 1.165) is 13.2 Å². The minimum Gasteiger partial charge on any atom is -0.507 e. The first-order valence-electron chi connectivity index (χ1n) is 5.74. The Kier molecular flexibility index (Phi) is 14.0. The fraction of sp³-hybridized carbons (Fsp3) is 0.462. The maximum atomic E-state index is 10.3. The second-order valence-corrected chi connectivity index (χ2v) is 2.92. The van der Waals surface area contributed by atoms with E-state index < -0.39 is 5.97 Å². The van der Waals surface area contributed by atoms with Crippen LogP contribution in [0.2, 0.25) is 0 Å². The minimum atomic E-state index is -1.11. The molecule has 0 radical (unpaired) electrons. The summed E-state index contributed by atoms with van der Waals surface area (Å²) in [6.07, 6.45) is 0. The highest BCUT2D eigenvalue weighted by molar-refractivity contribution is 5.90. The van der Waals surface area contributed by atoms with Gasteiger partial charge in [0.2, 0.25) is 0 Å². The molecule has 104 valence electrons. The van der Waals surface area contributed by atoms with Crippen molar-refractivity contribution in [2.45, 2.75) is 20.8 Å². The number of aromatic hydroxyl groups is 1. The van der Waals surface area contributed by atoms with Gasteiger partial charge in [-0.15, -0.1) is 0 Å². The van der Waals surface area contributed by atoms with Crippen LogP contribution < -0.4 is 0 Å². The van der Waals surface area contributed by atoms with Crippen molar-refractivity contribution in [1.82, 2.24) is 0 Å². The molecule has 0 fully saturated rings. The van der Waals surface area contributed by atoms with Gasteiger partial charge in [0.25, 0.3) is 0 Å². The van der Waals surface area contributed by atoms with Gasteiger partial charge in [0.15, 0.2) is 0 Å². The summed E-state index contributed by atoms with van der Waals surface area (Å²) in [6, 6.07) is 5.81. The standard InChI is InChI=1S/C7H6O3.C4H10O.C2H6O/c8-6-4-2-1-3-5(6)7(9)10;1-3-5-4-2;1-2-3/h1-4,8H,(H,9,10);3-4H2,1-2H3;3H,2H2,1H3. The molecule has 5 heteroatoms. The number of para-hydroxylation sites is 1. The summed E-state index contributed by atoms with van der Waals surface area (Å²) < 4.78 is 4.83. The summed E-state index contributed by atoms with van der Waals surface area (Å²) in [6.45, 7) is 7.60. The zero-order valence-corrected chi connectivity index (χ0v) is 11.1. The second kappa shape index (κ2) is 13.5. The Morgan fingerprint density at radius 1 is 1.17 bits per heavy atom. The highest BCUT2D eigenvalue weighted by Crippen LogP contribution is 2.14. The van der Waals surface area contributed by atoms with Crippen LogP contribution in [0.3, 0.4) is 0 Å². The molecule has 1 aromatic carbocycles. The van der Waals surface area contributed by atoms with Gasteiger partial charge in [0.1, 0.15) is 11.3 Å². The van der Waals surface area contributed by atoms with E-state index in [1.54, 1.807) is 19.1 Å². The molecular weight excluding hydrogens is 236 g/mol. The molecule has 0 aromatic heterocycles. The van der Waals surface area contributed by atoms with Gasteiger partial charge in [0.05, 0.1) is 0 Å². The molecule has 0 heterocycles. The Balaban J connectivity index is 0. The third-order valence-electron chi connectivity index (χ3n) is 1.54. The molecule has 5 nitrogen and oxygen atoms in total. The van der Waals surface area contributed by atoms with E-state index in [-0.39, 0.29) is 17.9 Å². The normalized spacial score (nSPS) is 8.44. The van der Waals surface area contributed by atoms with Gasteiger partial charge in [-0.25, -0.2) is 4.79 Å². The highest BCUT2D eigenvalue weighted by Gasteiger charge is 2.05. The molecule has 0 aliphatic heterocycles. The van der Waals surface area contributed by atoms with Crippen molar-refractivity contribution in [2.24, 2.45) is 0 Å². The van der Waals surface area contributed by atoms with Gasteiger partial charge >= 0.3 is 5.97 Å². The Morgan fingerprint density at radius 3 is 1.83 bits per heavy atom. The highest BCUT2D eigenvalue weighted by atomic mass is 16.5. The van der Waals surface area contributed by atoms with Gasteiger partial charge in [0, 0.05) is 19.8 Å². The molecule has 0 unspecified atom stereocenters. The summed E-state index contributed by atoms with van der Waals surface area (Å²) in [5.41, 5.74) is -0.0671. The minimum absolute atomic E-state index is 0.0671. The average molecular weight is 258 g/mol. The van der Waals surface area contributed by atoms with Gasteiger partial charge in [-0.05, 0) is 32.9 Å². The quantitative estimate of drug-likeness (QED) is 0.773. The van der Waals surface area contributed by atoms with Gasteiger partial charge in [-0.2, -0.15) is 0 Å². The molecule has 18 heavy (non-hydrogen) atoms. The number of carbonyl (C=O) groups is 1. The summed E-state index contributed by atoms with van der Waals surface area (Å²) >= 11 is 0. The van der Waals surface area contributed by atoms with E-state index in [9.17, 15) is 4.79 Å². The lowest BCUT2D eigenvalue weighted by atomic mass is 10.2. The van der Waals surface area contributed by atoms with Crippen LogP contribution in [0.15, 0.2) is 24.3 Å². The molecule has 3 N–H and O–H groups in total. The largest absolute Gasteiger partial charge is 0.507 e. The molecule has 0 aliphatic rings. The SMILES string of the molecule is CCO.CCOCC.O=C(O)c1ccccc1O. The van der Waals surface area contributed by atoms with Crippen LogP contribution in [-0.2, 0) is 4.74 Å². The lowest BCUT2D eigenvalue weighted by Gasteiger charge is -1.95. The monoisotopic (exact) mass is 258 g/mol. The average Bonchev–Trinajstić information content (AvgIpc) is 2.32. The second-order valence-electron chi connectivity index (χ2n) is 2.92. The number of rotatable bonds is 3. The fourth-order valence-corrected chi connectivity index (χ4v) is 0.859. The molecule has 0 spiro atoms. The number of hydrogen-bond acceptors (Lipinski definition) is 4. The lowest BCUT2D eigenvalue weighted by Crippen LogP contribution is -1.95. The molecule has 1 aromatic rings. The number of carboxylic acids is 1. The molecule has 0 saturated heterocycles. The van der Waals surface area contributed by atoms with Crippen LogP contribution in [0.25, 0.3) is 0 Å². The number of carboxylic acid groups (broad SMARTS) is 1. The van der Waals surface area contributed by atoms with E-state index in [4.69, 9.17) is 20.1 Å². The summed E-state index contributed by atoms with van der Waals surface area (Å²) in [5, 5.41) is 24.9. The van der Waals surface area contributed by atoms with E-state index in [0.29, 0.717) is 0 Å². The maximum Gasteiger partial charge on any atom is 0.339 e. The van der Waals surface area contributed by atoms with Crippen molar-refractivity contribution in [3.8, 4) is 5.75 Å². The molecule has 0 amide bonds. The molecule has 0 bridgehead atoms. The van der Waals surface area contributed by atoms with Crippen molar-refractivity contribution in [1.29, 1.82) is 0 Å². The number of phenols is 1. The molecule has 1 rings (SSSR count). The van der Waals surface area contributed by atoms with E-state index in [2.05, 4.69) is 0 Å². The first-order chi connectivity index (χ1) is 8.54. The summed E-state index contributed by atoms with van der Waals surface area (Å²) in [5.74, 6) is -1.31. The van der Waals surface area contributed by atoms with Crippen molar-refractivity contribution in [3.05, 3.63) is 29.8 Å². The number of ether oxygens (including phenoxy) is 1. The van der Waals surface area contributed by atoms with Crippen LogP contribution >= 0.6 is 0 Å². The topological polar surface area (TPSA) is 87.0 Å². The summed E-state index contributed by atoms with van der Waals surface area (Å²) in [4.78, 5) is 10.3. The predicted octanol–water partition coefficient (Wildman–Crippen LogP) is 2.13. The molecule has 0 aliphatic carbocycles. The van der Waals surface area contributed by atoms with E-state index in [1.165, 1.54) is 12.1 Å². The van der Waals surface area contributed by atoms with Crippen molar-refractivity contribution >= 4 is 5.97 Å². The number of benzene rings is 1. The number of aromatic carboxylic acids is 1. The van der Waals surface area contributed by atoms with Crippen LogP contribution in [0.4, 0.5) is 0 Å². The van der Waals surface area contributed by atoms with Gasteiger partial charge in [-0.3, -0.25) is 0 Å². The number of aliphatic hydroxyl groups is 1. The maximum absolute atomic E-state index is 10.3.